The number of ether oxygens (including phenoxy) is 2. The first kappa shape index (κ1) is 12.1. The SMILES string of the molecule is CCOCCOC1CC(=O)C12CCCCC2. The van der Waals surface area contributed by atoms with Crippen LogP contribution in [0.4, 0.5) is 0 Å². The molecule has 1 unspecified atom stereocenters. The van der Waals surface area contributed by atoms with Crippen molar-refractivity contribution in [2.75, 3.05) is 19.8 Å². The summed E-state index contributed by atoms with van der Waals surface area (Å²) in [4.78, 5) is 11.8. The second-order valence-electron chi connectivity index (χ2n) is 4.90. The lowest BCUT2D eigenvalue weighted by atomic mass is 9.57. The van der Waals surface area contributed by atoms with Crippen molar-refractivity contribution in [1.29, 1.82) is 0 Å². The Balaban J connectivity index is 1.79. The Bertz CT molecular complexity index is 244. The van der Waals surface area contributed by atoms with E-state index in [1.165, 1.54) is 19.3 Å². The van der Waals surface area contributed by atoms with Gasteiger partial charge in [-0.2, -0.15) is 0 Å². The maximum atomic E-state index is 11.8. The molecule has 2 saturated carbocycles. The molecule has 3 nitrogen and oxygen atoms in total. The number of carbonyl (C=O) groups is 1. The van der Waals surface area contributed by atoms with E-state index in [0.29, 0.717) is 25.4 Å². The zero-order chi connectivity index (χ0) is 11.4. The topological polar surface area (TPSA) is 35.5 Å². The molecule has 0 heterocycles. The van der Waals surface area contributed by atoms with Crippen molar-refractivity contribution < 1.29 is 14.3 Å². The Morgan fingerprint density at radius 1 is 1.25 bits per heavy atom. The fourth-order valence-electron chi connectivity index (χ4n) is 3.01. The van der Waals surface area contributed by atoms with E-state index in [4.69, 9.17) is 9.47 Å². The molecule has 2 aliphatic rings. The average molecular weight is 226 g/mol. The molecule has 92 valence electrons. The molecule has 0 aromatic carbocycles. The predicted octanol–water partition coefficient (Wildman–Crippen LogP) is 2.33. The number of hydrogen-bond donors (Lipinski definition) is 0. The van der Waals surface area contributed by atoms with Crippen LogP contribution in [0.5, 0.6) is 0 Å². The minimum atomic E-state index is -0.0928. The molecular formula is C13H22O3. The lowest BCUT2D eigenvalue weighted by Gasteiger charge is -2.49. The summed E-state index contributed by atoms with van der Waals surface area (Å²) in [7, 11) is 0. The molecule has 0 amide bonds. The summed E-state index contributed by atoms with van der Waals surface area (Å²) < 4.78 is 11.0. The molecule has 2 rings (SSSR count). The fraction of sp³-hybridized carbons (Fsp3) is 0.923. The molecule has 1 atom stereocenters. The second kappa shape index (κ2) is 5.28. The third-order valence-electron chi connectivity index (χ3n) is 4.04. The highest BCUT2D eigenvalue weighted by atomic mass is 16.5. The molecule has 3 heteroatoms. The number of hydrogen-bond acceptors (Lipinski definition) is 3. The minimum Gasteiger partial charge on any atom is -0.379 e. The molecule has 0 radical (unpaired) electrons. The Morgan fingerprint density at radius 2 is 2.00 bits per heavy atom. The summed E-state index contributed by atoms with van der Waals surface area (Å²) in [6, 6.07) is 0. The van der Waals surface area contributed by atoms with E-state index >= 15 is 0 Å². The Hall–Kier alpha value is -0.410. The van der Waals surface area contributed by atoms with E-state index in [0.717, 1.165) is 19.4 Å². The van der Waals surface area contributed by atoms with Crippen molar-refractivity contribution in [3.05, 3.63) is 0 Å². The molecule has 0 aromatic heterocycles. The van der Waals surface area contributed by atoms with Crippen molar-refractivity contribution >= 4 is 5.78 Å². The van der Waals surface area contributed by atoms with E-state index in [9.17, 15) is 4.79 Å². The van der Waals surface area contributed by atoms with Crippen LogP contribution in [0.3, 0.4) is 0 Å². The molecule has 0 saturated heterocycles. The first-order valence-corrected chi connectivity index (χ1v) is 6.52. The Kier molecular flexibility index (Phi) is 3.98. The molecule has 1 spiro atoms. The van der Waals surface area contributed by atoms with E-state index in [-0.39, 0.29) is 11.5 Å². The summed E-state index contributed by atoms with van der Waals surface area (Å²) in [6.45, 7) is 4.00. The van der Waals surface area contributed by atoms with Gasteiger partial charge in [0.15, 0.2) is 0 Å². The van der Waals surface area contributed by atoms with Gasteiger partial charge in [0.2, 0.25) is 0 Å². The smallest absolute Gasteiger partial charge is 0.144 e. The number of Topliss-reactive ketones (excluding diaryl/α,β-unsaturated/α-hetero) is 1. The predicted molar refractivity (Wildman–Crippen MR) is 61.4 cm³/mol. The summed E-state index contributed by atoms with van der Waals surface area (Å²) in [5.74, 6) is 0.439. The van der Waals surface area contributed by atoms with E-state index < -0.39 is 0 Å². The fourth-order valence-corrected chi connectivity index (χ4v) is 3.01. The van der Waals surface area contributed by atoms with Gasteiger partial charge in [-0.25, -0.2) is 0 Å². The van der Waals surface area contributed by atoms with Crippen LogP contribution in [0.15, 0.2) is 0 Å². The highest BCUT2D eigenvalue weighted by molar-refractivity contribution is 5.92. The zero-order valence-electron chi connectivity index (χ0n) is 10.2. The third kappa shape index (κ3) is 2.16. The van der Waals surface area contributed by atoms with Crippen LogP contribution in [-0.4, -0.2) is 31.7 Å². The van der Waals surface area contributed by atoms with Gasteiger partial charge in [-0.15, -0.1) is 0 Å². The molecule has 16 heavy (non-hydrogen) atoms. The summed E-state index contributed by atoms with van der Waals surface area (Å²) >= 11 is 0. The van der Waals surface area contributed by atoms with Gasteiger partial charge in [-0.1, -0.05) is 19.3 Å². The van der Waals surface area contributed by atoms with Crippen LogP contribution in [-0.2, 0) is 14.3 Å². The van der Waals surface area contributed by atoms with Crippen LogP contribution in [0.25, 0.3) is 0 Å². The molecular weight excluding hydrogens is 204 g/mol. The third-order valence-corrected chi connectivity index (χ3v) is 4.04. The number of rotatable bonds is 5. The van der Waals surface area contributed by atoms with Gasteiger partial charge in [0.05, 0.1) is 24.7 Å². The van der Waals surface area contributed by atoms with Gasteiger partial charge in [-0.05, 0) is 19.8 Å². The lowest BCUT2D eigenvalue weighted by Crippen LogP contribution is -2.56. The van der Waals surface area contributed by atoms with Crippen LogP contribution >= 0.6 is 0 Å². The number of carbonyl (C=O) groups excluding carboxylic acids is 1. The average Bonchev–Trinajstić information content (AvgIpc) is 2.34. The van der Waals surface area contributed by atoms with Crippen molar-refractivity contribution in [2.24, 2.45) is 5.41 Å². The molecule has 0 aromatic rings. The maximum absolute atomic E-state index is 11.8. The van der Waals surface area contributed by atoms with Gasteiger partial charge < -0.3 is 9.47 Å². The first-order valence-electron chi connectivity index (χ1n) is 6.52. The van der Waals surface area contributed by atoms with Crippen molar-refractivity contribution in [2.45, 2.75) is 51.6 Å². The Morgan fingerprint density at radius 3 is 2.62 bits per heavy atom. The van der Waals surface area contributed by atoms with Crippen molar-refractivity contribution in [1.82, 2.24) is 0 Å². The van der Waals surface area contributed by atoms with E-state index in [1.807, 2.05) is 6.92 Å². The normalized spacial score (nSPS) is 28.1. The van der Waals surface area contributed by atoms with Gasteiger partial charge in [0.1, 0.15) is 5.78 Å². The molecule has 0 N–H and O–H groups in total. The zero-order valence-corrected chi connectivity index (χ0v) is 10.2. The van der Waals surface area contributed by atoms with Crippen LogP contribution in [0.2, 0.25) is 0 Å². The van der Waals surface area contributed by atoms with Gasteiger partial charge in [0.25, 0.3) is 0 Å². The van der Waals surface area contributed by atoms with Crippen LogP contribution in [0, 0.1) is 5.41 Å². The molecule has 2 fully saturated rings. The van der Waals surface area contributed by atoms with Gasteiger partial charge in [0, 0.05) is 13.0 Å². The standard InChI is InChI=1S/C13H22O3/c1-2-15-8-9-16-12-10-11(14)13(12)6-4-3-5-7-13/h12H,2-10H2,1H3. The lowest BCUT2D eigenvalue weighted by molar-refractivity contribution is -0.171. The molecule has 2 aliphatic carbocycles. The molecule has 0 aliphatic heterocycles. The summed E-state index contributed by atoms with van der Waals surface area (Å²) in [5.41, 5.74) is -0.0928. The minimum absolute atomic E-state index is 0.0928. The maximum Gasteiger partial charge on any atom is 0.144 e. The second-order valence-corrected chi connectivity index (χ2v) is 4.90. The van der Waals surface area contributed by atoms with Crippen molar-refractivity contribution in [3.8, 4) is 0 Å². The highest BCUT2D eigenvalue weighted by Gasteiger charge is 2.55. The summed E-state index contributed by atoms with van der Waals surface area (Å²) in [5, 5.41) is 0. The highest BCUT2D eigenvalue weighted by Crippen LogP contribution is 2.50. The van der Waals surface area contributed by atoms with E-state index in [2.05, 4.69) is 0 Å². The Labute approximate surface area is 97.5 Å². The monoisotopic (exact) mass is 226 g/mol. The first-order chi connectivity index (χ1) is 7.79. The molecule has 0 bridgehead atoms. The quantitative estimate of drug-likeness (QED) is 0.675. The van der Waals surface area contributed by atoms with Crippen LogP contribution < -0.4 is 0 Å². The summed E-state index contributed by atoms with van der Waals surface area (Å²) in [6.07, 6.45) is 6.57. The van der Waals surface area contributed by atoms with Crippen LogP contribution in [0.1, 0.15) is 45.4 Å². The van der Waals surface area contributed by atoms with Gasteiger partial charge in [-0.3, -0.25) is 4.79 Å². The van der Waals surface area contributed by atoms with Gasteiger partial charge >= 0.3 is 0 Å². The number of ketones is 1. The largest absolute Gasteiger partial charge is 0.379 e. The van der Waals surface area contributed by atoms with E-state index in [1.54, 1.807) is 0 Å². The van der Waals surface area contributed by atoms with Crippen molar-refractivity contribution in [3.63, 3.8) is 0 Å².